The number of carbonyl (C=O) groups is 2. The Labute approximate surface area is 168 Å². The molecule has 4 nitrogen and oxygen atoms in total. The molecule has 0 amide bonds. The van der Waals surface area contributed by atoms with Crippen LogP contribution in [0, 0.1) is 5.41 Å². The Morgan fingerprint density at radius 1 is 1.11 bits per heavy atom. The zero-order valence-corrected chi connectivity index (χ0v) is 17.6. The smallest absolute Gasteiger partial charge is 0.331 e. The summed E-state index contributed by atoms with van der Waals surface area (Å²) in [7, 11) is 0. The number of esters is 1. The molecule has 152 valence electrons. The van der Waals surface area contributed by atoms with Gasteiger partial charge in [0, 0.05) is 12.2 Å². The first-order chi connectivity index (χ1) is 13.1. The summed E-state index contributed by atoms with van der Waals surface area (Å²) in [5.74, 6) is -1.85. The van der Waals surface area contributed by atoms with E-state index in [2.05, 4.69) is 39.8 Å². The van der Waals surface area contributed by atoms with Crippen LogP contribution >= 0.6 is 0 Å². The van der Waals surface area contributed by atoms with Crippen LogP contribution in [-0.2, 0) is 14.3 Å². The van der Waals surface area contributed by atoms with E-state index in [1.807, 2.05) is 25.2 Å². The molecule has 28 heavy (non-hydrogen) atoms. The van der Waals surface area contributed by atoms with Crippen molar-refractivity contribution in [2.75, 3.05) is 6.61 Å². The number of carboxylic acid groups (broad SMARTS) is 1. The van der Waals surface area contributed by atoms with Gasteiger partial charge in [0.15, 0.2) is 0 Å². The molecule has 0 saturated carbocycles. The molecule has 0 aliphatic heterocycles. The van der Waals surface area contributed by atoms with Gasteiger partial charge in [-0.3, -0.25) is 0 Å². The van der Waals surface area contributed by atoms with E-state index in [0.29, 0.717) is 0 Å². The van der Waals surface area contributed by atoms with Crippen molar-refractivity contribution in [3.05, 3.63) is 70.9 Å². The third-order valence-corrected chi connectivity index (χ3v) is 4.77. The van der Waals surface area contributed by atoms with E-state index in [9.17, 15) is 9.59 Å². The maximum absolute atomic E-state index is 11.3. The van der Waals surface area contributed by atoms with Gasteiger partial charge in [-0.05, 0) is 57.1 Å². The van der Waals surface area contributed by atoms with Gasteiger partial charge in [-0.1, -0.05) is 60.9 Å². The molecule has 0 unspecified atom stereocenters. The summed E-state index contributed by atoms with van der Waals surface area (Å²) >= 11 is 0. The van der Waals surface area contributed by atoms with E-state index in [0.717, 1.165) is 23.3 Å². The van der Waals surface area contributed by atoms with Gasteiger partial charge in [0.2, 0.25) is 0 Å². The van der Waals surface area contributed by atoms with Crippen molar-refractivity contribution in [1.82, 2.24) is 0 Å². The predicted molar refractivity (Wildman–Crippen MR) is 114 cm³/mol. The standard InChI is InChI=1S/C24H32O4/c1-18(11-12-21-20(3)10-7-16-24(21,4)5)8-6-9-19(2)15-17-28-23(27)14-13-22(25)26/h6,8-9,11-15H,7,10,16-17H2,1-5H3,(H,25,26)/b9-6-,12-11?,14-13+,18-8?,19-15?. The van der Waals surface area contributed by atoms with Crippen LogP contribution < -0.4 is 0 Å². The van der Waals surface area contributed by atoms with E-state index in [-0.39, 0.29) is 12.0 Å². The van der Waals surface area contributed by atoms with Gasteiger partial charge in [-0.15, -0.1) is 0 Å². The molecule has 1 N–H and O–H groups in total. The van der Waals surface area contributed by atoms with E-state index in [1.54, 1.807) is 6.08 Å². The average molecular weight is 385 g/mol. The zero-order valence-electron chi connectivity index (χ0n) is 17.6. The highest BCUT2D eigenvalue weighted by molar-refractivity contribution is 5.90. The van der Waals surface area contributed by atoms with Crippen LogP contribution in [-0.4, -0.2) is 23.7 Å². The van der Waals surface area contributed by atoms with E-state index >= 15 is 0 Å². The van der Waals surface area contributed by atoms with Crippen molar-refractivity contribution >= 4 is 11.9 Å². The summed E-state index contributed by atoms with van der Waals surface area (Å²) in [6.07, 6.45) is 17.5. The van der Waals surface area contributed by atoms with Gasteiger partial charge in [-0.25, -0.2) is 9.59 Å². The van der Waals surface area contributed by atoms with Crippen molar-refractivity contribution in [3.8, 4) is 0 Å². The summed E-state index contributed by atoms with van der Waals surface area (Å²) in [4.78, 5) is 21.6. The maximum atomic E-state index is 11.3. The second-order valence-electron chi connectivity index (χ2n) is 7.78. The van der Waals surface area contributed by atoms with Crippen LogP contribution in [0.15, 0.2) is 70.9 Å². The van der Waals surface area contributed by atoms with Gasteiger partial charge in [0.05, 0.1) is 0 Å². The molecule has 1 aliphatic rings. The number of carboxylic acids is 1. The van der Waals surface area contributed by atoms with Crippen molar-refractivity contribution in [2.45, 2.75) is 53.9 Å². The molecular formula is C24H32O4. The minimum Gasteiger partial charge on any atom is -0.478 e. The van der Waals surface area contributed by atoms with Crippen LogP contribution in [0.2, 0.25) is 0 Å². The van der Waals surface area contributed by atoms with Crippen LogP contribution in [0.25, 0.3) is 0 Å². The van der Waals surface area contributed by atoms with Gasteiger partial charge >= 0.3 is 11.9 Å². The Hall–Kier alpha value is -2.62. The molecular weight excluding hydrogens is 352 g/mol. The number of rotatable bonds is 8. The molecule has 0 fully saturated rings. The van der Waals surface area contributed by atoms with Crippen molar-refractivity contribution in [3.63, 3.8) is 0 Å². The lowest BCUT2D eigenvalue weighted by molar-refractivity contribution is -0.137. The first-order valence-corrected chi connectivity index (χ1v) is 9.59. The fourth-order valence-corrected chi connectivity index (χ4v) is 3.14. The number of hydrogen-bond donors (Lipinski definition) is 1. The molecule has 0 atom stereocenters. The van der Waals surface area contributed by atoms with Gasteiger partial charge in [0.1, 0.15) is 6.61 Å². The highest BCUT2D eigenvalue weighted by Crippen LogP contribution is 2.40. The molecule has 0 heterocycles. The number of aliphatic carboxylic acids is 1. The molecule has 4 heteroatoms. The lowest BCUT2D eigenvalue weighted by Gasteiger charge is -2.32. The topological polar surface area (TPSA) is 63.6 Å². The summed E-state index contributed by atoms with van der Waals surface area (Å²) in [5.41, 5.74) is 5.30. The summed E-state index contributed by atoms with van der Waals surface area (Å²) < 4.78 is 4.89. The average Bonchev–Trinajstić information content (AvgIpc) is 2.59. The lowest BCUT2D eigenvalue weighted by Crippen LogP contribution is -2.19. The zero-order chi connectivity index (χ0) is 21.2. The molecule has 0 aromatic carbocycles. The second-order valence-corrected chi connectivity index (χ2v) is 7.78. The highest BCUT2D eigenvalue weighted by atomic mass is 16.5. The molecule has 1 aliphatic carbocycles. The van der Waals surface area contributed by atoms with Gasteiger partial charge in [-0.2, -0.15) is 0 Å². The number of allylic oxidation sites excluding steroid dienone is 9. The molecule has 0 saturated heterocycles. The molecule has 0 bridgehead atoms. The maximum Gasteiger partial charge on any atom is 0.331 e. The Morgan fingerprint density at radius 3 is 2.46 bits per heavy atom. The first-order valence-electron chi connectivity index (χ1n) is 9.59. The van der Waals surface area contributed by atoms with E-state index in [1.165, 1.54) is 30.4 Å². The Bertz CT molecular complexity index is 755. The summed E-state index contributed by atoms with van der Waals surface area (Å²) in [5, 5.41) is 8.44. The molecule has 0 aromatic rings. The Kier molecular flexibility index (Phi) is 9.43. The molecule has 0 radical (unpaired) electrons. The van der Waals surface area contributed by atoms with E-state index < -0.39 is 11.9 Å². The third-order valence-electron chi connectivity index (χ3n) is 4.77. The Balaban J connectivity index is 2.58. The number of ether oxygens (including phenoxy) is 1. The highest BCUT2D eigenvalue weighted by Gasteiger charge is 2.26. The third kappa shape index (κ3) is 8.85. The van der Waals surface area contributed by atoms with Crippen molar-refractivity contribution in [2.24, 2.45) is 5.41 Å². The summed E-state index contributed by atoms with van der Waals surface area (Å²) in [6.45, 7) is 10.9. The fourth-order valence-electron chi connectivity index (χ4n) is 3.14. The second kappa shape index (κ2) is 11.3. The molecule has 0 aromatic heterocycles. The minimum absolute atomic E-state index is 0.101. The van der Waals surface area contributed by atoms with Crippen molar-refractivity contribution in [1.29, 1.82) is 0 Å². The first kappa shape index (κ1) is 23.4. The number of hydrogen-bond acceptors (Lipinski definition) is 3. The number of carbonyl (C=O) groups excluding carboxylic acids is 1. The van der Waals surface area contributed by atoms with Crippen molar-refractivity contribution < 1.29 is 19.4 Å². The molecule has 0 spiro atoms. The quantitative estimate of drug-likeness (QED) is 0.331. The predicted octanol–water partition coefficient (Wildman–Crippen LogP) is 5.70. The van der Waals surface area contributed by atoms with Crippen LogP contribution in [0.5, 0.6) is 0 Å². The normalized spacial score (nSPS) is 18.5. The summed E-state index contributed by atoms with van der Waals surface area (Å²) in [6, 6.07) is 0. The van der Waals surface area contributed by atoms with Gasteiger partial charge in [0.25, 0.3) is 0 Å². The van der Waals surface area contributed by atoms with Crippen LogP contribution in [0.3, 0.4) is 0 Å². The molecule has 1 rings (SSSR count). The van der Waals surface area contributed by atoms with Gasteiger partial charge < -0.3 is 9.84 Å². The van der Waals surface area contributed by atoms with E-state index in [4.69, 9.17) is 9.84 Å². The SMILES string of the molecule is CC(C=CC1=C(C)CCCC1(C)C)=C/C=C\C(C)=CCOC(=O)/C=C/C(=O)O. The largest absolute Gasteiger partial charge is 0.478 e. The van der Waals surface area contributed by atoms with Crippen LogP contribution in [0.1, 0.15) is 53.9 Å². The lowest BCUT2D eigenvalue weighted by atomic mass is 9.72. The monoisotopic (exact) mass is 384 g/mol. The fraction of sp³-hybridized carbons (Fsp3) is 0.417. The van der Waals surface area contributed by atoms with Crippen LogP contribution in [0.4, 0.5) is 0 Å². The Morgan fingerprint density at radius 2 is 1.82 bits per heavy atom. The minimum atomic E-state index is -1.18.